The van der Waals surface area contributed by atoms with E-state index in [1.165, 1.54) is 19.3 Å². The lowest BCUT2D eigenvalue weighted by Crippen LogP contribution is -2.50. The minimum absolute atomic E-state index is 0.0493. The number of likely N-dealkylation sites (N-methyl/N-ethyl adjacent to an activating group) is 1. The number of fused-ring (bicyclic) bond motifs is 1. The van der Waals surface area contributed by atoms with Gasteiger partial charge in [0.05, 0.1) is 6.04 Å². The van der Waals surface area contributed by atoms with E-state index in [4.69, 9.17) is 9.47 Å². The summed E-state index contributed by atoms with van der Waals surface area (Å²) in [7, 11) is 2.16. The first-order valence-electron chi connectivity index (χ1n) is 10.6. The van der Waals surface area contributed by atoms with Gasteiger partial charge in [0.15, 0.2) is 11.5 Å². The lowest BCUT2D eigenvalue weighted by Gasteiger charge is -2.38. The molecular formula is C21H32N4O3. The maximum Gasteiger partial charge on any atom is 0.315 e. The lowest BCUT2D eigenvalue weighted by molar-refractivity contribution is 0.110. The van der Waals surface area contributed by atoms with Crippen LogP contribution in [0.4, 0.5) is 4.79 Å². The monoisotopic (exact) mass is 388 g/mol. The summed E-state index contributed by atoms with van der Waals surface area (Å²) >= 11 is 0. The van der Waals surface area contributed by atoms with Crippen molar-refractivity contribution in [3.05, 3.63) is 23.8 Å². The molecule has 4 rings (SSSR count). The number of urea groups is 1. The van der Waals surface area contributed by atoms with Gasteiger partial charge in [0, 0.05) is 38.8 Å². The Morgan fingerprint density at radius 2 is 1.86 bits per heavy atom. The quantitative estimate of drug-likeness (QED) is 0.811. The van der Waals surface area contributed by atoms with Gasteiger partial charge in [-0.3, -0.25) is 4.90 Å². The van der Waals surface area contributed by atoms with Crippen LogP contribution in [0.25, 0.3) is 0 Å². The molecule has 2 N–H and O–H groups in total. The summed E-state index contributed by atoms with van der Waals surface area (Å²) in [6.45, 7) is 4.91. The molecule has 2 heterocycles. The number of rotatable bonds is 5. The highest BCUT2D eigenvalue weighted by molar-refractivity contribution is 5.74. The van der Waals surface area contributed by atoms with Crippen LogP contribution in [0.5, 0.6) is 11.5 Å². The maximum absolute atomic E-state index is 12.5. The SMILES string of the molecule is CN1CCN(C(CNC(=O)NC2CCCCC2)c2ccc3c(c2)OCO3)CC1. The van der Waals surface area contributed by atoms with Crippen molar-refractivity contribution in [2.45, 2.75) is 44.2 Å². The molecule has 3 aliphatic rings. The molecule has 2 fully saturated rings. The fraction of sp³-hybridized carbons (Fsp3) is 0.667. The van der Waals surface area contributed by atoms with Gasteiger partial charge in [0.25, 0.3) is 0 Å². The van der Waals surface area contributed by atoms with E-state index in [0.29, 0.717) is 12.6 Å². The van der Waals surface area contributed by atoms with E-state index in [1.54, 1.807) is 0 Å². The number of amides is 2. The van der Waals surface area contributed by atoms with Crippen LogP contribution in [0.3, 0.4) is 0 Å². The summed E-state index contributed by atoms with van der Waals surface area (Å²) in [5, 5.41) is 6.28. The molecule has 0 bridgehead atoms. The van der Waals surface area contributed by atoms with E-state index in [-0.39, 0.29) is 18.9 Å². The van der Waals surface area contributed by atoms with Gasteiger partial charge in [0.2, 0.25) is 6.79 Å². The van der Waals surface area contributed by atoms with E-state index in [2.05, 4.69) is 39.6 Å². The van der Waals surface area contributed by atoms with Crippen LogP contribution in [-0.2, 0) is 0 Å². The van der Waals surface area contributed by atoms with Crippen molar-refractivity contribution in [2.75, 3.05) is 46.6 Å². The van der Waals surface area contributed by atoms with Crippen molar-refractivity contribution in [1.82, 2.24) is 20.4 Å². The third-order valence-electron chi connectivity index (χ3n) is 6.16. The predicted molar refractivity (Wildman–Crippen MR) is 108 cm³/mol. The Morgan fingerprint density at radius 1 is 1.11 bits per heavy atom. The molecule has 1 saturated heterocycles. The number of piperazine rings is 1. The number of nitrogens with zero attached hydrogens (tertiary/aromatic N) is 2. The molecule has 0 aromatic heterocycles. The van der Waals surface area contributed by atoms with Crippen LogP contribution in [-0.4, -0.2) is 68.4 Å². The van der Waals surface area contributed by atoms with E-state index < -0.39 is 0 Å². The van der Waals surface area contributed by atoms with Crippen LogP contribution in [0.1, 0.15) is 43.7 Å². The van der Waals surface area contributed by atoms with Crippen LogP contribution in [0.2, 0.25) is 0 Å². The molecule has 7 heteroatoms. The van der Waals surface area contributed by atoms with Gasteiger partial charge in [-0.1, -0.05) is 25.3 Å². The molecule has 1 aliphatic carbocycles. The highest BCUT2D eigenvalue weighted by atomic mass is 16.7. The van der Waals surface area contributed by atoms with Gasteiger partial charge >= 0.3 is 6.03 Å². The zero-order chi connectivity index (χ0) is 19.3. The van der Waals surface area contributed by atoms with E-state index in [1.807, 2.05) is 6.07 Å². The van der Waals surface area contributed by atoms with Gasteiger partial charge < -0.3 is 25.0 Å². The second-order valence-electron chi connectivity index (χ2n) is 8.16. The molecule has 1 aromatic carbocycles. The van der Waals surface area contributed by atoms with Gasteiger partial charge in [-0.05, 0) is 37.6 Å². The third kappa shape index (κ3) is 4.70. The molecule has 28 heavy (non-hydrogen) atoms. The summed E-state index contributed by atoms with van der Waals surface area (Å²) in [5.74, 6) is 1.59. The number of nitrogens with one attached hydrogen (secondary N) is 2. The van der Waals surface area contributed by atoms with Crippen molar-refractivity contribution < 1.29 is 14.3 Å². The molecule has 1 atom stereocenters. The van der Waals surface area contributed by atoms with Gasteiger partial charge in [0.1, 0.15) is 0 Å². The Hall–Kier alpha value is -1.99. The molecule has 2 aliphatic heterocycles. The van der Waals surface area contributed by atoms with E-state index in [0.717, 1.165) is 56.1 Å². The zero-order valence-electron chi connectivity index (χ0n) is 16.8. The first-order valence-corrected chi connectivity index (χ1v) is 10.6. The first-order chi connectivity index (χ1) is 13.7. The molecule has 1 unspecified atom stereocenters. The Labute approximate surface area is 167 Å². The highest BCUT2D eigenvalue weighted by Crippen LogP contribution is 2.35. The third-order valence-corrected chi connectivity index (χ3v) is 6.16. The summed E-state index contributed by atoms with van der Waals surface area (Å²) in [5.41, 5.74) is 1.16. The Balaban J connectivity index is 1.41. The largest absolute Gasteiger partial charge is 0.454 e. The number of carbonyl (C=O) groups is 1. The van der Waals surface area contributed by atoms with Crippen LogP contribution >= 0.6 is 0 Å². The van der Waals surface area contributed by atoms with E-state index in [9.17, 15) is 4.79 Å². The average molecular weight is 389 g/mol. The molecule has 7 nitrogen and oxygen atoms in total. The first kappa shape index (κ1) is 19.3. The second-order valence-corrected chi connectivity index (χ2v) is 8.16. The fourth-order valence-corrected chi connectivity index (χ4v) is 4.38. The van der Waals surface area contributed by atoms with Crippen LogP contribution in [0, 0.1) is 0 Å². The summed E-state index contributed by atoms with van der Waals surface area (Å²) in [4.78, 5) is 17.3. The second kappa shape index (κ2) is 9.01. The molecule has 0 radical (unpaired) electrons. The summed E-state index contributed by atoms with van der Waals surface area (Å²) < 4.78 is 11.0. The molecular weight excluding hydrogens is 356 g/mol. The highest BCUT2D eigenvalue weighted by Gasteiger charge is 2.26. The van der Waals surface area contributed by atoms with Gasteiger partial charge in [-0.15, -0.1) is 0 Å². The smallest absolute Gasteiger partial charge is 0.315 e. The number of benzene rings is 1. The van der Waals surface area contributed by atoms with Gasteiger partial charge in [-0.25, -0.2) is 4.79 Å². The summed E-state index contributed by atoms with van der Waals surface area (Å²) in [6.07, 6.45) is 5.91. The molecule has 0 spiro atoms. The van der Waals surface area contributed by atoms with Crippen LogP contribution < -0.4 is 20.1 Å². The van der Waals surface area contributed by atoms with Crippen molar-refractivity contribution in [3.63, 3.8) is 0 Å². The lowest BCUT2D eigenvalue weighted by atomic mass is 9.96. The molecule has 2 amide bonds. The number of hydrogen-bond acceptors (Lipinski definition) is 5. The normalized spacial score (nSPS) is 22.0. The minimum atomic E-state index is -0.0493. The van der Waals surface area contributed by atoms with E-state index >= 15 is 0 Å². The minimum Gasteiger partial charge on any atom is -0.454 e. The molecule has 1 aromatic rings. The van der Waals surface area contributed by atoms with Crippen molar-refractivity contribution >= 4 is 6.03 Å². The number of hydrogen-bond donors (Lipinski definition) is 2. The Kier molecular flexibility index (Phi) is 6.22. The summed E-state index contributed by atoms with van der Waals surface area (Å²) in [6, 6.07) is 6.53. The molecule has 1 saturated carbocycles. The van der Waals surface area contributed by atoms with Gasteiger partial charge in [-0.2, -0.15) is 0 Å². The standard InChI is InChI=1S/C21H32N4O3/c1-24-9-11-25(12-10-24)18(16-7-8-19-20(13-16)28-15-27-19)14-22-21(26)23-17-5-3-2-4-6-17/h7-8,13,17-18H,2-6,9-12,14-15H2,1H3,(H2,22,23,26). The Morgan fingerprint density at radius 3 is 2.64 bits per heavy atom. The topological polar surface area (TPSA) is 66.1 Å². The fourth-order valence-electron chi connectivity index (χ4n) is 4.38. The number of carbonyl (C=O) groups excluding carboxylic acids is 1. The maximum atomic E-state index is 12.5. The number of ether oxygens (including phenoxy) is 2. The van der Waals surface area contributed by atoms with Crippen molar-refractivity contribution in [3.8, 4) is 11.5 Å². The van der Waals surface area contributed by atoms with Crippen molar-refractivity contribution in [2.24, 2.45) is 0 Å². The van der Waals surface area contributed by atoms with Crippen LogP contribution in [0.15, 0.2) is 18.2 Å². The zero-order valence-corrected chi connectivity index (χ0v) is 16.8. The molecule has 154 valence electrons. The Bertz CT molecular complexity index is 670. The average Bonchev–Trinajstić information content (AvgIpc) is 3.18. The predicted octanol–water partition coefficient (Wildman–Crippen LogP) is 2.34. The van der Waals surface area contributed by atoms with Crippen molar-refractivity contribution in [1.29, 1.82) is 0 Å².